The first-order chi connectivity index (χ1) is 19.5. The van der Waals surface area contributed by atoms with Crippen LogP contribution in [-0.2, 0) is 20.8 Å². The number of halogens is 4. The zero-order valence-electron chi connectivity index (χ0n) is 20.5. The molecule has 2 amide bonds. The summed E-state index contributed by atoms with van der Waals surface area (Å²) < 4.78 is 31.7. The molecule has 0 spiro atoms. The number of carbonyl (C=O) groups is 3. The summed E-state index contributed by atoms with van der Waals surface area (Å²) in [5, 5.41) is 15.5. The highest BCUT2D eigenvalue weighted by Crippen LogP contribution is 2.33. The van der Waals surface area contributed by atoms with Gasteiger partial charge in [0, 0.05) is 23.0 Å². The number of thioether (sulfide) groups is 1. The molecule has 5 rings (SSSR count). The number of carbonyl (C=O) groups excluding carboxylic acids is 2. The first-order valence-corrected chi connectivity index (χ1v) is 13.5. The second-order valence-corrected chi connectivity index (χ2v) is 10.5. The van der Waals surface area contributed by atoms with Crippen LogP contribution in [0.25, 0.3) is 17.1 Å². The number of aliphatic carboxylic acids is 1. The van der Waals surface area contributed by atoms with E-state index in [0.29, 0.717) is 32.9 Å². The van der Waals surface area contributed by atoms with E-state index in [9.17, 15) is 22.8 Å². The van der Waals surface area contributed by atoms with Crippen molar-refractivity contribution in [3.8, 4) is 0 Å². The molecular weight excluding hydrogens is 603 g/mol. The molecule has 4 aromatic rings. The molecule has 210 valence electrons. The number of carboxylic acid groups (broad SMARTS) is 1. The Morgan fingerprint density at radius 3 is 2.51 bits per heavy atom. The van der Waals surface area contributed by atoms with Crippen LogP contribution in [0.15, 0.2) is 76.2 Å². The monoisotopic (exact) mass is 619 g/mol. The van der Waals surface area contributed by atoms with Gasteiger partial charge in [0.15, 0.2) is 5.17 Å². The van der Waals surface area contributed by atoms with E-state index < -0.39 is 12.1 Å². The molecule has 0 radical (unpaired) electrons. The Balaban J connectivity index is 0.000000493. The van der Waals surface area contributed by atoms with Gasteiger partial charge in [0.2, 0.25) is 5.91 Å². The first-order valence-electron chi connectivity index (χ1n) is 11.4. The minimum absolute atomic E-state index is 0.128. The van der Waals surface area contributed by atoms with Crippen molar-refractivity contribution in [1.82, 2.24) is 15.3 Å². The number of amidine groups is 1. The second-order valence-electron chi connectivity index (χ2n) is 8.06. The van der Waals surface area contributed by atoms with Crippen molar-refractivity contribution in [2.24, 2.45) is 4.99 Å². The lowest BCUT2D eigenvalue weighted by Crippen LogP contribution is -2.21. The molecule has 15 heteroatoms. The summed E-state index contributed by atoms with van der Waals surface area (Å²) in [5.41, 5.74) is 3.39. The van der Waals surface area contributed by atoms with Crippen LogP contribution in [0.2, 0.25) is 5.02 Å². The van der Waals surface area contributed by atoms with Crippen LogP contribution in [0.1, 0.15) is 10.4 Å². The first kappa shape index (κ1) is 29.7. The Bertz CT molecular complexity index is 1680. The van der Waals surface area contributed by atoms with Gasteiger partial charge in [0.1, 0.15) is 0 Å². The number of alkyl halides is 3. The topological polar surface area (TPSA) is 134 Å². The average Bonchev–Trinajstić information content (AvgIpc) is 3.55. The van der Waals surface area contributed by atoms with Gasteiger partial charge >= 0.3 is 12.1 Å². The number of thiophene rings is 1. The van der Waals surface area contributed by atoms with Crippen LogP contribution in [0.3, 0.4) is 0 Å². The van der Waals surface area contributed by atoms with Crippen molar-refractivity contribution in [2.45, 2.75) is 12.6 Å². The molecule has 3 heterocycles. The maximum atomic E-state index is 12.5. The largest absolute Gasteiger partial charge is 0.490 e. The Labute approximate surface area is 243 Å². The number of fused-ring (bicyclic) bond motifs is 1. The Kier molecular flexibility index (Phi) is 9.37. The SMILES string of the molecule is O=C(Cc1cccs1)Nc1ccc(Cl)c(N=C2NC(=O)/C(=C/c3ccc4nccnc4c3)S2)c1.O=C(O)C(F)(F)F. The number of nitrogens with zero attached hydrogens (tertiary/aromatic N) is 3. The van der Waals surface area contributed by atoms with Gasteiger partial charge in [-0.1, -0.05) is 23.7 Å². The number of aliphatic imine (C=N–C) groups is 1. The lowest BCUT2D eigenvalue weighted by atomic mass is 10.2. The summed E-state index contributed by atoms with van der Waals surface area (Å²) in [6, 6.07) is 14.5. The highest BCUT2D eigenvalue weighted by Gasteiger charge is 2.38. The Hall–Kier alpha value is -4.27. The van der Waals surface area contributed by atoms with E-state index in [1.807, 2.05) is 35.7 Å². The maximum absolute atomic E-state index is 12.5. The Morgan fingerprint density at radius 1 is 1.10 bits per heavy atom. The zero-order valence-corrected chi connectivity index (χ0v) is 22.9. The molecule has 1 saturated heterocycles. The van der Waals surface area contributed by atoms with E-state index in [0.717, 1.165) is 21.5 Å². The molecule has 1 aliphatic rings. The van der Waals surface area contributed by atoms with Crippen LogP contribution < -0.4 is 10.6 Å². The highest BCUT2D eigenvalue weighted by atomic mass is 35.5. The summed E-state index contributed by atoms with van der Waals surface area (Å²) in [6.07, 6.45) is 0.256. The summed E-state index contributed by atoms with van der Waals surface area (Å²) in [7, 11) is 0. The van der Waals surface area contributed by atoms with E-state index in [1.54, 1.807) is 36.7 Å². The number of nitrogens with one attached hydrogen (secondary N) is 2. The van der Waals surface area contributed by atoms with Gasteiger partial charge in [-0.3, -0.25) is 19.6 Å². The van der Waals surface area contributed by atoms with E-state index in [2.05, 4.69) is 25.6 Å². The van der Waals surface area contributed by atoms with Crippen molar-refractivity contribution in [3.05, 3.63) is 86.7 Å². The van der Waals surface area contributed by atoms with Gasteiger partial charge in [-0.05, 0) is 65.2 Å². The molecule has 2 aromatic carbocycles. The van der Waals surface area contributed by atoms with Crippen molar-refractivity contribution in [2.75, 3.05) is 5.32 Å². The number of aromatic nitrogens is 2. The molecule has 0 aliphatic carbocycles. The number of benzene rings is 2. The third-order valence-electron chi connectivity index (χ3n) is 5.05. The van der Waals surface area contributed by atoms with Crippen LogP contribution in [0.5, 0.6) is 0 Å². The van der Waals surface area contributed by atoms with E-state index in [-0.39, 0.29) is 11.8 Å². The van der Waals surface area contributed by atoms with Crippen LogP contribution in [0, 0.1) is 0 Å². The molecule has 0 bridgehead atoms. The molecule has 3 N–H and O–H groups in total. The number of rotatable bonds is 5. The molecule has 9 nitrogen and oxygen atoms in total. The van der Waals surface area contributed by atoms with E-state index in [1.165, 1.54) is 23.1 Å². The Morgan fingerprint density at radius 2 is 1.83 bits per heavy atom. The molecule has 41 heavy (non-hydrogen) atoms. The molecular formula is C26H17ClF3N5O4S2. The van der Waals surface area contributed by atoms with Crippen molar-refractivity contribution >= 4 is 86.1 Å². The van der Waals surface area contributed by atoms with Crippen molar-refractivity contribution < 1.29 is 32.7 Å². The third-order valence-corrected chi connectivity index (χ3v) is 7.16. The summed E-state index contributed by atoms with van der Waals surface area (Å²) >= 11 is 9.06. The van der Waals surface area contributed by atoms with Crippen LogP contribution in [0.4, 0.5) is 24.5 Å². The van der Waals surface area contributed by atoms with E-state index >= 15 is 0 Å². The number of hydrogen-bond acceptors (Lipinski definition) is 8. The fourth-order valence-corrected chi connectivity index (χ4v) is 4.96. The van der Waals surface area contributed by atoms with Crippen molar-refractivity contribution in [1.29, 1.82) is 0 Å². The summed E-state index contributed by atoms with van der Waals surface area (Å²) in [6.45, 7) is 0. The van der Waals surface area contributed by atoms with Gasteiger partial charge in [0.05, 0.1) is 33.1 Å². The lowest BCUT2D eigenvalue weighted by molar-refractivity contribution is -0.192. The summed E-state index contributed by atoms with van der Waals surface area (Å²) in [5.74, 6) is -3.13. The van der Waals surface area contributed by atoms with Gasteiger partial charge in [-0.15, -0.1) is 11.3 Å². The number of hydrogen-bond donors (Lipinski definition) is 3. The quantitative estimate of drug-likeness (QED) is 0.232. The fraction of sp³-hybridized carbons (Fsp3) is 0.0769. The summed E-state index contributed by atoms with van der Waals surface area (Å²) in [4.78, 5) is 48.2. The molecule has 1 fully saturated rings. The number of amides is 2. The van der Waals surface area contributed by atoms with Gasteiger partial charge in [-0.25, -0.2) is 9.79 Å². The molecule has 0 atom stereocenters. The maximum Gasteiger partial charge on any atom is 0.490 e. The molecule has 0 saturated carbocycles. The fourth-order valence-electron chi connectivity index (χ4n) is 3.26. The van der Waals surface area contributed by atoms with Crippen LogP contribution >= 0.6 is 34.7 Å². The highest BCUT2D eigenvalue weighted by molar-refractivity contribution is 8.18. The normalized spacial score (nSPS) is 15.0. The van der Waals surface area contributed by atoms with Gasteiger partial charge < -0.3 is 15.7 Å². The number of carboxylic acids is 1. The van der Waals surface area contributed by atoms with Crippen molar-refractivity contribution in [3.63, 3.8) is 0 Å². The standard InChI is InChI=1S/C24H16ClN5O2S2.C2HF3O2/c25-17-5-4-15(28-22(31)13-16-2-1-9-33-16)12-19(17)29-24-30-23(32)21(34-24)11-14-3-6-18-20(10-14)27-8-7-26-18;3-2(4,5)1(6)7/h1-12H,13H2,(H,28,31)(H,29,30,32);(H,6,7)/b21-11-;. The van der Waals surface area contributed by atoms with Gasteiger partial charge in [-0.2, -0.15) is 13.2 Å². The lowest BCUT2D eigenvalue weighted by Gasteiger charge is -2.07. The smallest absolute Gasteiger partial charge is 0.475 e. The third kappa shape index (κ3) is 8.36. The molecule has 1 aliphatic heterocycles. The zero-order chi connectivity index (χ0) is 29.6. The predicted octanol–water partition coefficient (Wildman–Crippen LogP) is 6.05. The van der Waals surface area contributed by atoms with Crippen LogP contribution in [-0.4, -0.2) is 44.2 Å². The minimum Gasteiger partial charge on any atom is -0.475 e. The van der Waals surface area contributed by atoms with Gasteiger partial charge in [0.25, 0.3) is 5.91 Å². The minimum atomic E-state index is -5.08. The van der Waals surface area contributed by atoms with E-state index in [4.69, 9.17) is 21.5 Å². The molecule has 0 unspecified atom stereocenters. The second kappa shape index (κ2) is 12.9. The number of anilines is 1. The molecule has 2 aromatic heterocycles. The predicted molar refractivity (Wildman–Crippen MR) is 152 cm³/mol. The average molecular weight is 620 g/mol.